The van der Waals surface area contributed by atoms with Crippen molar-refractivity contribution in [3.8, 4) is 17.2 Å². The molecule has 0 N–H and O–H groups in total. The number of aromatic nitrogens is 3. The summed E-state index contributed by atoms with van der Waals surface area (Å²) in [5.74, 6) is -1.97. The summed E-state index contributed by atoms with van der Waals surface area (Å²) in [6.45, 7) is 4.17. The van der Waals surface area contributed by atoms with Crippen LogP contribution in [0.3, 0.4) is 0 Å². The van der Waals surface area contributed by atoms with Gasteiger partial charge in [-0.1, -0.05) is 71.8 Å². The Kier molecular flexibility index (Phi) is 21.9. The molecule has 3 aromatic carbocycles. The molecule has 51 heavy (non-hydrogen) atoms. The number of hydrogen-bond acceptors (Lipinski definition) is 9. The van der Waals surface area contributed by atoms with E-state index in [-0.39, 0.29) is 33.9 Å². The number of benzene rings is 3. The SMILES string of the molecule is Cc1ccccc1.Cc1ccccc1.O=C(Oc1cc(OC(=O)c2ccncc2)cc(OC(=O)c2ccncc2)c1)c1ccncc1.[Cu][I].[Cu][I]. The molecule has 0 bridgehead atoms. The van der Waals surface area contributed by atoms with Crippen molar-refractivity contribution in [2.24, 2.45) is 0 Å². The van der Waals surface area contributed by atoms with Gasteiger partial charge >= 0.3 is 84.1 Å². The number of pyridine rings is 3. The van der Waals surface area contributed by atoms with Crippen LogP contribution in [0.1, 0.15) is 42.2 Å². The van der Waals surface area contributed by atoms with Gasteiger partial charge in [0.25, 0.3) is 0 Å². The van der Waals surface area contributed by atoms with Gasteiger partial charge in [0.05, 0.1) is 16.7 Å². The van der Waals surface area contributed by atoms with Crippen LogP contribution in [0.2, 0.25) is 0 Å². The fourth-order valence-corrected chi connectivity index (χ4v) is 3.75. The van der Waals surface area contributed by atoms with Crippen LogP contribution in [0.15, 0.2) is 152 Å². The van der Waals surface area contributed by atoms with E-state index in [0.717, 1.165) is 0 Å². The van der Waals surface area contributed by atoms with Crippen molar-refractivity contribution < 1.29 is 54.1 Å². The first-order valence-corrected chi connectivity index (χ1v) is 20.7. The van der Waals surface area contributed by atoms with Crippen molar-refractivity contribution in [2.75, 3.05) is 0 Å². The predicted octanol–water partition coefficient (Wildman–Crippen LogP) is 9.29. The summed E-state index contributed by atoms with van der Waals surface area (Å²) in [5, 5.41) is 0. The second-order valence-electron chi connectivity index (χ2n) is 9.83. The molecule has 0 aliphatic carbocycles. The van der Waals surface area contributed by atoms with Gasteiger partial charge < -0.3 is 14.2 Å². The standard InChI is InChI=1S/C24H15N3O6.2C7H8.2Cu.2HI/c28-22(16-1-7-25-8-2-16)31-19-13-20(32-23(29)17-3-9-26-10-4-17)15-21(14-19)33-24(30)18-5-11-27-12-6-18;2*1-7-5-3-2-4-6-7;;;;/h1-15H;2*2-6H,1H3;;;2*1H/q;;;2*+1;;/p-2. The second kappa shape index (κ2) is 25.9. The van der Waals surface area contributed by atoms with Crippen molar-refractivity contribution in [2.45, 2.75) is 13.8 Å². The summed E-state index contributed by atoms with van der Waals surface area (Å²) in [5.41, 5.74) is 3.43. The molecule has 0 aliphatic rings. The van der Waals surface area contributed by atoms with E-state index in [2.05, 4.69) is 78.6 Å². The molecule has 13 heteroatoms. The Hall–Kier alpha value is -3.98. The summed E-state index contributed by atoms with van der Waals surface area (Å²) in [7, 11) is 0. The Bertz CT molecular complexity index is 1670. The predicted molar refractivity (Wildman–Crippen MR) is 204 cm³/mol. The molecule has 0 saturated carbocycles. The van der Waals surface area contributed by atoms with Crippen molar-refractivity contribution in [1.29, 1.82) is 0 Å². The van der Waals surface area contributed by atoms with Gasteiger partial charge in [-0.15, -0.1) is 0 Å². The average molecular weight is 1010 g/mol. The second-order valence-corrected chi connectivity index (χ2v) is 9.83. The van der Waals surface area contributed by atoms with E-state index in [4.69, 9.17) is 14.2 Å². The zero-order chi connectivity index (χ0) is 37.3. The number of carbonyl (C=O) groups is 3. The minimum atomic E-state index is -0.665. The Balaban J connectivity index is 0.000000409. The molecule has 270 valence electrons. The molecule has 3 heterocycles. The Morgan fingerprint density at radius 2 is 0.667 bits per heavy atom. The third kappa shape index (κ3) is 17.2. The quantitative estimate of drug-likeness (QED) is 0.0697. The zero-order valence-corrected chi connectivity index (χ0v) is 33.3. The Morgan fingerprint density at radius 1 is 0.431 bits per heavy atom. The van der Waals surface area contributed by atoms with Gasteiger partial charge in [-0.3, -0.25) is 15.0 Å². The van der Waals surface area contributed by atoms with Crippen LogP contribution >= 0.6 is 40.7 Å². The molecule has 0 fully saturated rings. The molecule has 6 rings (SSSR count). The number of nitrogens with zero attached hydrogens (tertiary/aromatic N) is 3. The number of hydrogen-bond donors (Lipinski definition) is 0. The van der Waals surface area contributed by atoms with E-state index in [9.17, 15) is 14.4 Å². The topological polar surface area (TPSA) is 118 Å². The molecule has 0 aliphatic heterocycles. The van der Waals surface area contributed by atoms with Crippen molar-refractivity contribution in [3.05, 3.63) is 180 Å². The summed E-state index contributed by atoms with van der Waals surface area (Å²) >= 11 is 11.7. The number of esters is 3. The minimum absolute atomic E-state index is 0.00867. The average Bonchev–Trinajstić information content (AvgIpc) is 3.18. The summed E-state index contributed by atoms with van der Waals surface area (Å²) in [6, 6.07) is 33.4. The molecular formula is C38H31Cu2I2N3O6. The van der Waals surface area contributed by atoms with E-state index >= 15 is 0 Å². The number of aryl methyl sites for hydroxylation is 2. The number of carbonyl (C=O) groups excluding carboxylic acids is 3. The van der Waals surface area contributed by atoms with Crippen LogP contribution in [-0.2, 0) is 25.5 Å². The van der Waals surface area contributed by atoms with E-state index < -0.39 is 17.9 Å². The van der Waals surface area contributed by atoms with Crippen molar-refractivity contribution in [1.82, 2.24) is 15.0 Å². The van der Waals surface area contributed by atoms with Crippen LogP contribution in [0.25, 0.3) is 0 Å². The van der Waals surface area contributed by atoms with Crippen LogP contribution in [0.5, 0.6) is 17.2 Å². The molecule has 0 spiro atoms. The Labute approximate surface area is 336 Å². The maximum absolute atomic E-state index is 12.4. The summed E-state index contributed by atoms with van der Waals surface area (Å²) < 4.78 is 16.2. The van der Waals surface area contributed by atoms with Crippen LogP contribution in [-0.4, -0.2) is 32.9 Å². The van der Waals surface area contributed by atoms with Crippen LogP contribution in [0, 0.1) is 13.8 Å². The first-order valence-electron chi connectivity index (χ1n) is 14.6. The van der Waals surface area contributed by atoms with Gasteiger partial charge in [-0.2, -0.15) is 0 Å². The molecule has 9 nitrogen and oxygen atoms in total. The molecule has 0 unspecified atom stereocenters. The molecule has 0 radical (unpaired) electrons. The normalized spacial score (nSPS) is 9.25. The molecular weight excluding hydrogens is 975 g/mol. The first-order chi connectivity index (χ1) is 24.9. The molecule has 0 atom stereocenters. The molecule has 6 aromatic rings. The van der Waals surface area contributed by atoms with Gasteiger partial charge in [-0.25, -0.2) is 14.4 Å². The fourth-order valence-electron chi connectivity index (χ4n) is 3.75. The Morgan fingerprint density at radius 3 is 0.863 bits per heavy atom. The van der Waals surface area contributed by atoms with Gasteiger partial charge in [0, 0.05) is 55.4 Å². The molecule has 0 saturated heterocycles. The van der Waals surface area contributed by atoms with Crippen LogP contribution in [0.4, 0.5) is 0 Å². The third-order valence-corrected chi connectivity index (χ3v) is 6.11. The number of rotatable bonds is 6. The van der Waals surface area contributed by atoms with E-state index in [1.807, 2.05) is 36.4 Å². The van der Waals surface area contributed by atoms with Gasteiger partial charge in [-0.05, 0) is 50.2 Å². The maximum atomic E-state index is 12.4. The molecule has 0 amide bonds. The third-order valence-electron chi connectivity index (χ3n) is 6.11. The van der Waals surface area contributed by atoms with Crippen molar-refractivity contribution in [3.63, 3.8) is 0 Å². The van der Waals surface area contributed by atoms with Gasteiger partial charge in [0.15, 0.2) is 0 Å². The summed E-state index contributed by atoms with van der Waals surface area (Å²) in [6.07, 6.45) is 8.70. The van der Waals surface area contributed by atoms with E-state index in [1.165, 1.54) is 103 Å². The fraction of sp³-hybridized carbons (Fsp3) is 0.0526. The van der Waals surface area contributed by atoms with Crippen molar-refractivity contribution >= 4 is 58.6 Å². The number of ether oxygens (including phenoxy) is 3. The first kappa shape index (κ1) is 43.2. The molecule has 3 aromatic heterocycles. The van der Waals surface area contributed by atoms with E-state index in [0.29, 0.717) is 0 Å². The summed E-state index contributed by atoms with van der Waals surface area (Å²) in [4.78, 5) is 48.9. The number of halogens is 2. The van der Waals surface area contributed by atoms with Gasteiger partial charge in [0.1, 0.15) is 17.2 Å². The zero-order valence-electron chi connectivity index (χ0n) is 27.1. The van der Waals surface area contributed by atoms with E-state index in [1.54, 1.807) is 40.7 Å². The monoisotopic (exact) mass is 1000 g/mol. The van der Waals surface area contributed by atoms with Gasteiger partial charge in [0.2, 0.25) is 0 Å². The van der Waals surface area contributed by atoms with Crippen LogP contribution < -0.4 is 14.2 Å².